The number of benzene rings is 2. The Morgan fingerprint density at radius 1 is 1.09 bits per heavy atom. The molecule has 4 nitrogen and oxygen atoms in total. The van der Waals surface area contributed by atoms with Gasteiger partial charge in [0.2, 0.25) is 10.0 Å². The van der Waals surface area contributed by atoms with Crippen molar-refractivity contribution in [1.29, 1.82) is 0 Å². The number of nitrogens with zero attached hydrogens (tertiary/aromatic N) is 1. The summed E-state index contributed by atoms with van der Waals surface area (Å²) in [4.78, 5) is 2.23. The van der Waals surface area contributed by atoms with Gasteiger partial charge in [-0.25, -0.2) is 8.42 Å². The average Bonchev–Trinajstić information content (AvgIpc) is 2.47. The summed E-state index contributed by atoms with van der Waals surface area (Å²) in [5.41, 5.74) is 4.22. The minimum atomic E-state index is -3.28. The zero-order chi connectivity index (χ0) is 15.7. The van der Waals surface area contributed by atoms with E-state index in [1.807, 2.05) is 30.3 Å². The summed E-state index contributed by atoms with van der Waals surface area (Å²) in [6.07, 6.45) is 1.19. The van der Waals surface area contributed by atoms with E-state index in [2.05, 4.69) is 34.9 Å². The van der Waals surface area contributed by atoms with E-state index < -0.39 is 10.0 Å². The highest BCUT2D eigenvalue weighted by atomic mass is 32.2. The van der Waals surface area contributed by atoms with Crippen LogP contribution in [-0.4, -0.2) is 33.2 Å². The molecule has 5 heteroatoms. The first-order chi connectivity index (χ1) is 10.4. The van der Waals surface area contributed by atoms with Crippen LogP contribution in [0.25, 0.3) is 0 Å². The maximum absolute atomic E-state index is 11.6. The third kappa shape index (κ3) is 3.15. The fraction of sp³-hybridized carbons (Fsp3) is 0.294. The molecule has 3 rings (SSSR count). The van der Waals surface area contributed by atoms with Gasteiger partial charge in [-0.2, -0.15) is 0 Å². The fourth-order valence-corrected chi connectivity index (χ4v) is 3.71. The van der Waals surface area contributed by atoms with Gasteiger partial charge in [0.1, 0.15) is 0 Å². The standard InChI is InChI=1S/C17H20N2O2S/c1-19-11-15(13-7-4-3-5-8-13)14-9-6-10-17(16(14)12-19)18-22(2,20)21/h3-10,15,18H,11-12H2,1-2H3. The van der Waals surface area contributed by atoms with Crippen molar-refractivity contribution in [3.8, 4) is 0 Å². The van der Waals surface area contributed by atoms with Crippen molar-refractivity contribution in [2.45, 2.75) is 12.5 Å². The molecule has 1 aliphatic heterocycles. The summed E-state index contributed by atoms with van der Waals surface area (Å²) in [5, 5.41) is 0. The molecule has 1 atom stereocenters. The van der Waals surface area contributed by atoms with E-state index >= 15 is 0 Å². The van der Waals surface area contributed by atoms with Gasteiger partial charge in [-0.3, -0.25) is 4.72 Å². The number of sulfonamides is 1. The van der Waals surface area contributed by atoms with E-state index in [0.717, 1.165) is 18.7 Å². The Labute approximate surface area is 131 Å². The van der Waals surface area contributed by atoms with E-state index in [9.17, 15) is 8.42 Å². The van der Waals surface area contributed by atoms with Crippen molar-refractivity contribution >= 4 is 15.7 Å². The largest absolute Gasteiger partial charge is 0.301 e. The molecule has 1 N–H and O–H groups in total. The van der Waals surface area contributed by atoms with E-state index in [-0.39, 0.29) is 5.92 Å². The molecule has 1 heterocycles. The van der Waals surface area contributed by atoms with Gasteiger partial charge in [-0.15, -0.1) is 0 Å². The van der Waals surface area contributed by atoms with Crippen LogP contribution in [0, 0.1) is 0 Å². The van der Waals surface area contributed by atoms with Crippen molar-refractivity contribution in [2.75, 3.05) is 24.6 Å². The van der Waals surface area contributed by atoms with Crippen molar-refractivity contribution < 1.29 is 8.42 Å². The molecule has 0 saturated carbocycles. The Morgan fingerprint density at radius 3 is 2.50 bits per heavy atom. The summed E-state index contributed by atoms with van der Waals surface area (Å²) in [7, 11) is -1.21. The van der Waals surface area contributed by atoms with Gasteiger partial charge in [-0.1, -0.05) is 42.5 Å². The number of nitrogens with one attached hydrogen (secondary N) is 1. The SMILES string of the molecule is CN1Cc2c(NS(C)(=O)=O)cccc2C(c2ccccc2)C1. The molecule has 116 valence electrons. The highest BCUT2D eigenvalue weighted by molar-refractivity contribution is 7.92. The smallest absolute Gasteiger partial charge is 0.229 e. The topological polar surface area (TPSA) is 49.4 Å². The van der Waals surface area contributed by atoms with Crippen molar-refractivity contribution in [2.24, 2.45) is 0 Å². The molecule has 0 bridgehead atoms. The number of fused-ring (bicyclic) bond motifs is 1. The molecule has 0 amide bonds. The molecule has 1 aliphatic rings. The van der Waals surface area contributed by atoms with Crippen LogP contribution >= 0.6 is 0 Å². The van der Waals surface area contributed by atoms with Gasteiger partial charge >= 0.3 is 0 Å². The second-order valence-electron chi connectivity index (χ2n) is 5.91. The third-order valence-electron chi connectivity index (χ3n) is 4.01. The molecular formula is C17H20N2O2S. The highest BCUT2D eigenvalue weighted by Crippen LogP contribution is 2.36. The average molecular weight is 316 g/mol. The lowest BCUT2D eigenvalue weighted by molar-refractivity contribution is 0.296. The van der Waals surface area contributed by atoms with E-state index in [1.165, 1.54) is 17.4 Å². The lowest BCUT2D eigenvalue weighted by Crippen LogP contribution is -2.31. The van der Waals surface area contributed by atoms with E-state index in [1.54, 1.807) is 0 Å². The second-order valence-corrected chi connectivity index (χ2v) is 7.66. The number of likely N-dealkylation sites (N-methyl/N-ethyl adjacent to an activating group) is 1. The molecule has 0 aliphatic carbocycles. The van der Waals surface area contributed by atoms with Gasteiger partial charge in [-0.05, 0) is 29.8 Å². The molecule has 2 aromatic rings. The Kier molecular flexibility index (Phi) is 3.93. The Hall–Kier alpha value is -1.85. The number of rotatable bonds is 3. The van der Waals surface area contributed by atoms with Gasteiger partial charge in [0.25, 0.3) is 0 Å². The van der Waals surface area contributed by atoms with Crippen LogP contribution in [0.4, 0.5) is 5.69 Å². The molecule has 0 radical (unpaired) electrons. The lowest BCUT2D eigenvalue weighted by atomic mass is 9.84. The normalized spacial score (nSPS) is 18.7. The summed E-state index contributed by atoms with van der Waals surface area (Å²) in [6, 6.07) is 16.2. The zero-order valence-electron chi connectivity index (χ0n) is 12.8. The Morgan fingerprint density at radius 2 is 1.82 bits per heavy atom. The van der Waals surface area contributed by atoms with Crippen LogP contribution in [0.1, 0.15) is 22.6 Å². The van der Waals surface area contributed by atoms with Crippen LogP contribution in [0.2, 0.25) is 0 Å². The minimum absolute atomic E-state index is 0.260. The molecule has 0 aromatic heterocycles. The maximum Gasteiger partial charge on any atom is 0.229 e. The number of anilines is 1. The van der Waals surface area contributed by atoms with Crippen LogP contribution in [-0.2, 0) is 16.6 Å². The van der Waals surface area contributed by atoms with Gasteiger partial charge < -0.3 is 4.90 Å². The van der Waals surface area contributed by atoms with Gasteiger partial charge in [0.05, 0.1) is 11.9 Å². The predicted molar refractivity (Wildman–Crippen MR) is 89.5 cm³/mol. The monoisotopic (exact) mass is 316 g/mol. The first kappa shape index (κ1) is 15.1. The van der Waals surface area contributed by atoms with Gasteiger partial charge in [0.15, 0.2) is 0 Å². The minimum Gasteiger partial charge on any atom is -0.301 e. The number of hydrogen-bond donors (Lipinski definition) is 1. The molecule has 0 fully saturated rings. The Balaban J connectivity index is 2.09. The van der Waals surface area contributed by atoms with Crippen molar-refractivity contribution in [3.05, 3.63) is 65.2 Å². The van der Waals surface area contributed by atoms with Crippen molar-refractivity contribution in [1.82, 2.24) is 4.90 Å². The van der Waals surface area contributed by atoms with Crippen LogP contribution in [0.15, 0.2) is 48.5 Å². The molecular weight excluding hydrogens is 296 g/mol. The zero-order valence-corrected chi connectivity index (χ0v) is 13.6. The van der Waals surface area contributed by atoms with Crippen LogP contribution < -0.4 is 4.72 Å². The molecule has 22 heavy (non-hydrogen) atoms. The first-order valence-corrected chi connectivity index (χ1v) is 9.16. The van der Waals surface area contributed by atoms with Crippen LogP contribution in [0.3, 0.4) is 0 Å². The quantitative estimate of drug-likeness (QED) is 0.947. The molecule has 2 aromatic carbocycles. The summed E-state index contributed by atoms with van der Waals surface area (Å²) in [5.74, 6) is 0.260. The van der Waals surface area contributed by atoms with Crippen LogP contribution in [0.5, 0.6) is 0 Å². The molecule has 1 unspecified atom stereocenters. The number of hydrogen-bond acceptors (Lipinski definition) is 3. The third-order valence-corrected chi connectivity index (χ3v) is 4.60. The summed E-state index contributed by atoms with van der Waals surface area (Å²) >= 11 is 0. The summed E-state index contributed by atoms with van der Waals surface area (Å²) < 4.78 is 25.8. The van der Waals surface area contributed by atoms with E-state index in [0.29, 0.717) is 5.69 Å². The lowest BCUT2D eigenvalue weighted by Gasteiger charge is -2.34. The molecule has 0 saturated heterocycles. The second kappa shape index (κ2) is 5.74. The van der Waals surface area contributed by atoms with E-state index in [4.69, 9.17) is 0 Å². The predicted octanol–water partition coefficient (Wildman–Crippen LogP) is 2.64. The fourth-order valence-electron chi connectivity index (χ4n) is 3.12. The van der Waals surface area contributed by atoms with Crippen molar-refractivity contribution in [3.63, 3.8) is 0 Å². The Bertz CT molecular complexity index is 773. The highest BCUT2D eigenvalue weighted by Gasteiger charge is 2.26. The molecule has 0 spiro atoms. The summed E-state index contributed by atoms with van der Waals surface area (Å²) in [6.45, 7) is 1.68. The van der Waals surface area contributed by atoms with Gasteiger partial charge in [0, 0.05) is 19.0 Å². The first-order valence-electron chi connectivity index (χ1n) is 7.27. The maximum atomic E-state index is 11.6.